The maximum atomic E-state index is 12.6. The first-order chi connectivity index (χ1) is 20.2. The summed E-state index contributed by atoms with van der Waals surface area (Å²) in [6, 6.07) is 10.9. The molecule has 1 aromatic rings. The molecule has 7 fully saturated rings. The smallest absolute Gasteiger partial charge is 0.309 e. The van der Waals surface area contributed by atoms with Gasteiger partial charge in [-0.3, -0.25) is 4.79 Å². The first kappa shape index (κ1) is 29.0. The lowest BCUT2D eigenvalue weighted by Crippen LogP contribution is -2.73. The van der Waals surface area contributed by atoms with Crippen molar-refractivity contribution in [2.75, 3.05) is 0 Å². The molecule has 1 aliphatic heterocycles. The van der Waals surface area contributed by atoms with Crippen LogP contribution >= 0.6 is 0 Å². The quantitative estimate of drug-likeness (QED) is 0.371. The number of hydrogen-bond donors (Lipinski definition) is 2. The highest BCUT2D eigenvalue weighted by Gasteiger charge is 2.80. The van der Waals surface area contributed by atoms with Crippen LogP contribution in [0.15, 0.2) is 30.3 Å². The van der Waals surface area contributed by atoms with Gasteiger partial charge in [-0.05, 0) is 134 Å². The number of aliphatic carboxylic acids is 1. The molecule has 4 nitrogen and oxygen atoms in total. The van der Waals surface area contributed by atoms with E-state index in [-0.39, 0.29) is 39.1 Å². The zero-order valence-electron chi connectivity index (χ0n) is 27.6. The van der Waals surface area contributed by atoms with Crippen LogP contribution in [0.3, 0.4) is 0 Å². The highest BCUT2D eigenvalue weighted by Crippen LogP contribution is 2.83. The minimum Gasteiger partial charge on any atom is -0.481 e. The van der Waals surface area contributed by atoms with Gasteiger partial charge in [0.05, 0.1) is 11.5 Å². The molecule has 6 aliphatic carbocycles. The summed E-state index contributed by atoms with van der Waals surface area (Å²) in [5, 5.41) is 22.5. The van der Waals surface area contributed by atoms with Gasteiger partial charge in [0.25, 0.3) is 0 Å². The van der Waals surface area contributed by atoms with E-state index < -0.39 is 17.2 Å². The van der Waals surface area contributed by atoms with Crippen LogP contribution in [0.5, 0.6) is 0 Å². The molecular formula is C39H56O4. The van der Waals surface area contributed by atoms with Crippen LogP contribution in [-0.2, 0) is 16.0 Å². The Morgan fingerprint density at radius 1 is 0.860 bits per heavy atom. The van der Waals surface area contributed by atoms with E-state index in [1.165, 1.54) is 44.1 Å². The number of hydrogen-bond acceptors (Lipinski definition) is 3. The van der Waals surface area contributed by atoms with Crippen molar-refractivity contribution in [2.45, 2.75) is 130 Å². The molecule has 14 atom stereocenters. The number of aliphatic hydroxyl groups is 1. The van der Waals surface area contributed by atoms with Crippen molar-refractivity contribution >= 4 is 5.97 Å². The molecule has 1 saturated heterocycles. The van der Waals surface area contributed by atoms with Crippen LogP contribution in [0.4, 0.5) is 0 Å². The number of benzene rings is 1. The lowest BCUT2D eigenvalue weighted by atomic mass is 9.26. The van der Waals surface area contributed by atoms with Gasteiger partial charge >= 0.3 is 5.97 Å². The molecule has 1 aromatic carbocycles. The van der Waals surface area contributed by atoms with E-state index in [2.05, 4.69) is 65.0 Å². The molecule has 2 N–H and O–H groups in total. The largest absolute Gasteiger partial charge is 0.481 e. The van der Waals surface area contributed by atoms with Crippen LogP contribution in [0.1, 0.15) is 118 Å². The van der Waals surface area contributed by atoms with E-state index in [1.54, 1.807) is 0 Å². The fourth-order valence-corrected chi connectivity index (χ4v) is 15.0. The summed E-state index contributed by atoms with van der Waals surface area (Å²) in [5.41, 5.74) is 1.57. The van der Waals surface area contributed by atoms with Gasteiger partial charge in [-0.25, -0.2) is 0 Å². The minimum absolute atomic E-state index is 0.0113. The van der Waals surface area contributed by atoms with E-state index in [9.17, 15) is 15.0 Å². The van der Waals surface area contributed by atoms with Crippen molar-refractivity contribution in [1.29, 1.82) is 0 Å². The summed E-state index contributed by atoms with van der Waals surface area (Å²) in [7, 11) is 0. The van der Waals surface area contributed by atoms with Crippen molar-refractivity contribution in [2.24, 2.45) is 68.0 Å². The molecule has 236 valence electrons. The Kier molecular flexibility index (Phi) is 5.87. The van der Waals surface area contributed by atoms with Gasteiger partial charge in [-0.2, -0.15) is 0 Å². The van der Waals surface area contributed by atoms with Crippen LogP contribution in [0, 0.1) is 68.0 Å². The van der Waals surface area contributed by atoms with Crippen molar-refractivity contribution in [1.82, 2.24) is 0 Å². The van der Waals surface area contributed by atoms with Crippen molar-refractivity contribution in [3.63, 3.8) is 0 Å². The Bertz CT molecular complexity index is 1330. The fraction of sp³-hybridized carbons (Fsp3) is 0.821. The van der Waals surface area contributed by atoms with Gasteiger partial charge < -0.3 is 14.9 Å². The Labute approximate surface area is 259 Å². The lowest BCUT2D eigenvalue weighted by Gasteiger charge is -2.78. The average Bonchev–Trinajstić information content (AvgIpc) is 3.07. The van der Waals surface area contributed by atoms with Crippen LogP contribution < -0.4 is 0 Å². The summed E-state index contributed by atoms with van der Waals surface area (Å²) >= 11 is 0. The maximum Gasteiger partial charge on any atom is 0.309 e. The maximum absolute atomic E-state index is 12.6. The van der Waals surface area contributed by atoms with Crippen molar-refractivity contribution in [3.05, 3.63) is 35.9 Å². The summed E-state index contributed by atoms with van der Waals surface area (Å²) < 4.78 is 6.91. The van der Waals surface area contributed by atoms with Crippen LogP contribution in [0.25, 0.3) is 0 Å². The topological polar surface area (TPSA) is 66.8 Å². The molecule has 4 heteroatoms. The zero-order valence-corrected chi connectivity index (χ0v) is 27.6. The molecule has 2 bridgehead atoms. The third kappa shape index (κ3) is 3.34. The number of ether oxygens (including phenoxy) is 1. The number of carboxylic acids is 1. The summed E-state index contributed by atoms with van der Waals surface area (Å²) in [6.07, 6.45) is 13.1. The Hall–Kier alpha value is -1.39. The molecular weight excluding hydrogens is 532 g/mol. The summed E-state index contributed by atoms with van der Waals surface area (Å²) in [5.74, 6) is 1.43. The summed E-state index contributed by atoms with van der Waals surface area (Å²) in [4.78, 5) is 12.6. The monoisotopic (exact) mass is 588 g/mol. The number of fused-ring (bicyclic) bond motifs is 5. The number of carboxylic acid groups (broad SMARTS) is 1. The van der Waals surface area contributed by atoms with Gasteiger partial charge in [-0.15, -0.1) is 0 Å². The van der Waals surface area contributed by atoms with Gasteiger partial charge in [0.15, 0.2) is 5.79 Å². The van der Waals surface area contributed by atoms with E-state index in [0.29, 0.717) is 29.6 Å². The number of carbonyl (C=O) groups is 1. The predicted molar refractivity (Wildman–Crippen MR) is 168 cm³/mol. The molecule has 0 amide bonds. The van der Waals surface area contributed by atoms with E-state index >= 15 is 0 Å². The first-order valence-corrected chi connectivity index (χ1v) is 17.8. The molecule has 0 aromatic heterocycles. The van der Waals surface area contributed by atoms with E-state index in [4.69, 9.17) is 4.74 Å². The zero-order chi connectivity index (χ0) is 30.4. The molecule has 0 radical (unpaired) electrons. The summed E-state index contributed by atoms with van der Waals surface area (Å²) in [6.45, 7) is 14.9. The Morgan fingerprint density at radius 3 is 2.30 bits per heavy atom. The van der Waals surface area contributed by atoms with E-state index in [0.717, 1.165) is 38.5 Å². The molecule has 1 spiro atoms. The predicted octanol–water partition coefficient (Wildman–Crippen LogP) is 8.51. The Morgan fingerprint density at radius 2 is 1.58 bits per heavy atom. The molecule has 1 heterocycles. The highest BCUT2D eigenvalue weighted by atomic mass is 16.6. The number of rotatable bonds is 3. The molecule has 7 aliphatic rings. The first-order valence-electron chi connectivity index (χ1n) is 17.8. The lowest BCUT2D eigenvalue weighted by molar-refractivity contribution is -0.309. The minimum atomic E-state index is -1.00. The second kappa shape index (κ2) is 8.69. The van der Waals surface area contributed by atoms with Crippen molar-refractivity contribution in [3.8, 4) is 0 Å². The molecule has 8 rings (SSSR count). The van der Waals surface area contributed by atoms with Gasteiger partial charge in [0, 0.05) is 17.8 Å². The fourth-order valence-electron chi connectivity index (χ4n) is 15.0. The second-order valence-corrected chi connectivity index (χ2v) is 18.5. The van der Waals surface area contributed by atoms with E-state index in [1.807, 2.05) is 6.92 Å². The third-order valence-corrected chi connectivity index (χ3v) is 17.3. The Balaban J connectivity index is 1.23. The third-order valence-electron chi connectivity index (χ3n) is 17.3. The highest BCUT2D eigenvalue weighted by molar-refractivity contribution is 5.74. The van der Waals surface area contributed by atoms with Gasteiger partial charge in [0.1, 0.15) is 0 Å². The van der Waals surface area contributed by atoms with Gasteiger partial charge in [0.2, 0.25) is 0 Å². The average molecular weight is 589 g/mol. The van der Waals surface area contributed by atoms with Crippen LogP contribution in [-0.4, -0.2) is 28.1 Å². The second-order valence-electron chi connectivity index (χ2n) is 18.5. The van der Waals surface area contributed by atoms with Crippen LogP contribution in [0.2, 0.25) is 0 Å². The standard InChI is InChI=1S/C39H56O4/c1-24-38-15-14-28-35(4)19-18-33(2)16-17-34(3,32(40)41)23-29(33)36(35,5)22-27-13-12-26(31(38)37(27,28)6)21-39(24,42)43-30(38)20-25-10-8-7-9-11-25/h7-11,24,26-31,42H,12-23H2,1-6H3,(H,40,41)/t24-,26-,27-,28-,29+,30-,31-,33-,34+,35-,36-,37+,38+,39-/m0/s1. The normalized spacial score (nSPS) is 58.2. The molecule has 6 saturated carbocycles. The SMILES string of the molecule is C[C@H]1[C@]23CC[C@@H]4[C@@]5(C)[C@@H](CC[C@@H](C[C@]1(O)O[C@H]2Cc1ccccc1)[C@@H]53)C[C@@]1(C)[C@@H]2C[C@](C)(C(=O)O)CC[C@@]2(C)CC[C@@]41C. The van der Waals surface area contributed by atoms with Crippen molar-refractivity contribution < 1.29 is 19.7 Å². The molecule has 0 unspecified atom stereocenters. The molecule has 43 heavy (non-hydrogen) atoms. The van der Waals surface area contributed by atoms with Gasteiger partial charge in [-0.1, -0.05) is 65.0 Å².